The van der Waals surface area contributed by atoms with E-state index >= 15 is 0 Å². The molecule has 1 aliphatic heterocycles. The van der Waals surface area contributed by atoms with E-state index in [2.05, 4.69) is 17.1 Å². The van der Waals surface area contributed by atoms with Gasteiger partial charge in [0.2, 0.25) is 0 Å². The van der Waals surface area contributed by atoms with Crippen molar-refractivity contribution in [1.82, 2.24) is 10.2 Å². The van der Waals surface area contributed by atoms with Crippen LogP contribution in [-0.4, -0.2) is 37.7 Å². The van der Waals surface area contributed by atoms with Gasteiger partial charge in [-0.25, -0.2) is 4.39 Å². The first kappa shape index (κ1) is 12.3. The summed E-state index contributed by atoms with van der Waals surface area (Å²) in [6.45, 7) is 5.87. The highest BCUT2D eigenvalue weighted by atomic mass is 19.1. The van der Waals surface area contributed by atoms with E-state index in [-0.39, 0.29) is 5.82 Å². The van der Waals surface area contributed by atoms with Crippen molar-refractivity contribution in [3.05, 3.63) is 29.6 Å². The molecule has 1 N–H and O–H groups in total. The van der Waals surface area contributed by atoms with Crippen LogP contribution >= 0.6 is 0 Å². The lowest BCUT2D eigenvalue weighted by atomic mass is 10.1. The number of halogens is 1. The molecule has 0 atom stereocenters. The molecule has 0 spiro atoms. The summed E-state index contributed by atoms with van der Waals surface area (Å²) >= 11 is 0. The van der Waals surface area contributed by atoms with Crippen LogP contribution in [0.4, 0.5) is 4.39 Å². The average Bonchev–Trinajstić information content (AvgIpc) is 2.26. The van der Waals surface area contributed by atoms with Gasteiger partial charge < -0.3 is 10.1 Å². The Morgan fingerprint density at radius 3 is 2.76 bits per heavy atom. The summed E-state index contributed by atoms with van der Waals surface area (Å²) in [5, 5.41) is 3.25. The Morgan fingerprint density at radius 1 is 1.47 bits per heavy atom. The van der Waals surface area contributed by atoms with Crippen molar-refractivity contribution in [3.63, 3.8) is 0 Å². The molecule has 3 nitrogen and oxygen atoms in total. The van der Waals surface area contributed by atoms with Crippen molar-refractivity contribution in [2.45, 2.75) is 19.5 Å². The zero-order chi connectivity index (χ0) is 12.3. The molecule has 1 aromatic carbocycles. The molecule has 0 aromatic heterocycles. The highest BCUT2D eigenvalue weighted by Crippen LogP contribution is 2.22. The predicted octanol–water partition coefficient (Wildman–Crippen LogP) is 1.63. The third-order valence-corrected chi connectivity index (χ3v) is 3.30. The second-order valence-electron chi connectivity index (χ2n) is 4.33. The van der Waals surface area contributed by atoms with Gasteiger partial charge in [0.1, 0.15) is 11.6 Å². The van der Waals surface area contributed by atoms with E-state index in [0.717, 1.165) is 37.5 Å². The van der Waals surface area contributed by atoms with Crippen molar-refractivity contribution in [3.8, 4) is 5.75 Å². The van der Waals surface area contributed by atoms with E-state index in [1.807, 2.05) is 0 Å². The van der Waals surface area contributed by atoms with E-state index in [4.69, 9.17) is 4.74 Å². The molecule has 4 heteroatoms. The molecule has 1 aliphatic rings. The van der Waals surface area contributed by atoms with Gasteiger partial charge in [-0.15, -0.1) is 0 Å². The standard InChI is InChI=1S/C13H19FN2O/c1-3-16(12-7-15-8-12)9-10-6-11(14)4-5-13(10)17-2/h4-6,12,15H,3,7-9H2,1-2H3. The Balaban J connectivity index is 2.12. The zero-order valence-corrected chi connectivity index (χ0v) is 10.4. The predicted molar refractivity (Wildman–Crippen MR) is 65.7 cm³/mol. The van der Waals surface area contributed by atoms with E-state index in [1.54, 1.807) is 19.2 Å². The second-order valence-corrected chi connectivity index (χ2v) is 4.33. The summed E-state index contributed by atoms with van der Waals surface area (Å²) in [5.41, 5.74) is 0.918. The third kappa shape index (κ3) is 2.76. The van der Waals surface area contributed by atoms with Crippen LogP contribution in [0.25, 0.3) is 0 Å². The molecule has 0 radical (unpaired) electrons. The van der Waals surface area contributed by atoms with Crippen molar-refractivity contribution >= 4 is 0 Å². The largest absolute Gasteiger partial charge is 0.496 e. The Bertz CT molecular complexity index is 380. The van der Waals surface area contributed by atoms with Crippen molar-refractivity contribution < 1.29 is 9.13 Å². The maximum atomic E-state index is 13.2. The van der Waals surface area contributed by atoms with Gasteiger partial charge in [0.05, 0.1) is 7.11 Å². The normalized spacial score (nSPS) is 16.0. The molecule has 17 heavy (non-hydrogen) atoms. The Labute approximate surface area is 102 Å². The first-order valence-corrected chi connectivity index (χ1v) is 6.01. The van der Waals surface area contributed by atoms with Crippen LogP contribution in [0, 0.1) is 5.82 Å². The van der Waals surface area contributed by atoms with E-state index < -0.39 is 0 Å². The maximum Gasteiger partial charge on any atom is 0.123 e. The molecule has 0 unspecified atom stereocenters. The minimum absolute atomic E-state index is 0.205. The zero-order valence-electron chi connectivity index (χ0n) is 10.4. The molecule has 0 amide bonds. The smallest absolute Gasteiger partial charge is 0.123 e. The second kappa shape index (κ2) is 5.47. The van der Waals surface area contributed by atoms with Gasteiger partial charge in [-0.1, -0.05) is 6.92 Å². The van der Waals surface area contributed by atoms with Gasteiger partial charge in [0, 0.05) is 31.2 Å². The molecule has 1 saturated heterocycles. The maximum absolute atomic E-state index is 13.2. The lowest BCUT2D eigenvalue weighted by molar-refractivity contribution is 0.144. The van der Waals surface area contributed by atoms with E-state index in [1.165, 1.54) is 6.07 Å². The molecule has 1 heterocycles. The Morgan fingerprint density at radius 2 is 2.24 bits per heavy atom. The van der Waals surface area contributed by atoms with E-state index in [9.17, 15) is 4.39 Å². The number of nitrogens with zero attached hydrogens (tertiary/aromatic N) is 1. The number of benzene rings is 1. The highest BCUT2D eigenvalue weighted by molar-refractivity contribution is 5.34. The van der Waals surface area contributed by atoms with E-state index in [0.29, 0.717) is 6.04 Å². The molecule has 0 bridgehead atoms. The number of rotatable bonds is 5. The van der Waals surface area contributed by atoms with Crippen molar-refractivity contribution in [2.24, 2.45) is 0 Å². The van der Waals surface area contributed by atoms with Gasteiger partial charge in [-0.3, -0.25) is 4.90 Å². The van der Waals surface area contributed by atoms with Crippen LogP contribution in [0.5, 0.6) is 5.75 Å². The Hall–Kier alpha value is -1.13. The summed E-state index contributed by atoms with van der Waals surface area (Å²) in [5.74, 6) is 0.556. The molecule has 2 rings (SSSR count). The molecule has 0 aliphatic carbocycles. The molecule has 1 fully saturated rings. The third-order valence-electron chi connectivity index (χ3n) is 3.30. The summed E-state index contributed by atoms with van der Waals surface area (Å²) in [6.07, 6.45) is 0. The monoisotopic (exact) mass is 238 g/mol. The van der Waals surface area contributed by atoms with Crippen molar-refractivity contribution in [1.29, 1.82) is 0 Å². The van der Waals surface area contributed by atoms with Crippen LogP contribution in [0.3, 0.4) is 0 Å². The number of nitrogens with one attached hydrogen (secondary N) is 1. The van der Waals surface area contributed by atoms with Gasteiger partial charge in [0.15, 0.2) is 0 Å². The van der Waals surface area contributed by atoms with Gasteiger partial charge in [-0.05, 0) is 24.7 Å². The minimum Gasteiger partial charge on any atom is -0.496 e. The lowest BCUT2D eigenvalue weighted by Crippen LogP contribution is -2.56. The lowest BCUT2D eigenvalue weighted by Gasteiger charge is -2.37. The summed E-state index contributed by atoms with van der Waals surface area (Å²) < 4.78 is 18.5. The number of likely N-dealkylation sites (N-methyl/N-ethyl adjacent to an activating group) is 1. The number of ether oxygens (including phenoxy) is 1. The molecule has 94 valence electrons. The van der Waals surface area contributed by atoms with Crippen LogP contribution in [0.2, 0.25) is 0 Å². The van der Waals surface area contributed by atoms with Crippen LogP contribution < -0.4 is 10.1 Å². The summed E-state index contributed by atoms with van der Waals surface area (Å²) in [4.78, 5) is 2.34. The molecular formula is C13H19FN2O. The van der Waals surface area contributed by atoms with Gasteiger partial charge >= 0.3 is 0 Å². The highest BCUT2D eigenvalue weighted by Gasteiger charge is 2.24. The quantitative estimate of drug-likeness (QED) is 0.843. The minimum atomic E-state index is -0.205. The molecule has 1 aromatic rings. The van der Waals surface area contributed by atoms with Crippen molar-refractivity contribution in [2.75, 3.05) is 26.7 Å². The van der Waals surface area contributed by atoms with Crippen LogP contribution in [0.15, 0.2) is 18.2 Å². The van der Waals surface area contributed by atoms with Crippen LogP contribution in [-0.2, 0) is 6.54 Å². The first-order valence-electron chi connectivity index (χ1n) is 6.01. The topological polar surface area (TPSA) is 24.5 Å². The number of hydrogen-bond acceptors (Lipinski definition) is 3. The molecular weight excluding hydrogens is 219 g/mol. The average molecular weight is 238 g/mol. The van der Waals surface area contributed by atoms with Crippen LogP contribution in [0.1, 0.15) is 12.5 Å². The summed E-state index contributed by atoms with van der Waals surface area (Å²) in [7, 11) is 1.62. The SMILES string of the molecule is CCN(Cc1cc(F)ccc1OC)C1CNC1. The first-order chi connectivity index (χ1) is 8.24. The molecule has 0 saturated carbocycles. The van der Waals surface area contributed by atoms with Gasteiger partial charge in [0.25, 0.3) is 0 Å². The Kier molecular flexibility index (Phi) is 3.97. The number of hydrogen-bond donors (Lipinski definition) is 1. The number of methoxy groups -OCH3 is 1. The summed E-state index contributed by atoms with van der Waals surface area (Å²) in [6, 6.07) is 5.25. The fourth-order valence-electron chi connectivity index (χ4n) is 2.12. The van der Waals surface area contributed by atoms with Gasteiger partial charge in [-0.2, -0.15) is 0 Å². The fraction of sp³-hybridized carbons (Fsp3) is 0.538. The fourth-order valence-corrected chi connectivity index (χ4v) is 2.12.